The van der Waals surface area contributed by atoms with Gasteiger partial charge in [-0.2, -0.15) is 0 Å². The largest absolute Gasteiger partial charge is 0.330 e. The summed E-state index contributed by atoms with van der Waals surface area (Å²) in [6, 6.07) is 1.51. The van der Waals surface area contributed by atoms with Crippen LogP contribution in [0, 0.1) is 0 Å². The van der Waals surface area contributed by atoms with Crippen molar-refractivity contribution in [1.82, 2.24) is 9.80 Å². The Labute approximate surface area is 94.6 Å². The fourth-order valence-electron chi connectivity index (χ4n) is 2.60. The Bertz CT molecular complexity index is 162. The molecule has 0 aromatic carbocycles. The van der Waals surface area contributed by atoms with E-state index in [1.54, 1.807) is 0 Å². The van der Waals surface area contributed by atoms with Gasteiger partial charge in [-0.3, -0.25) is 0 Å². The summed E-state index contributed by atoms with van der Waals surface area (Å²) in [5.41, 5.74) is 5.65. The van der Waals surface area contributed by atoms with Crippen LogP contribution in [0.2, 0.25) is 0 Å². The van der Waals surface area contributed by atoms with Gasteiger partial charge in [0.2, 0.25) is 0 Å². The minimum absolute atomic E-state index is 0.720. The van der Waals surface area contributed by atoms with Crippen molar-refractivity contribution in [3.8, 4) is 0 Å². The van der Waals surface area contributed by atoms with Crippen molar-refractivity contribution < 1.29 is 0 Å². The molecule has 1 aliphatic heterocycles. The fraction of sp³-hybridized carbons (Fsp3) is 1.00. The molecule has 1 heterocycles. The lowest BCUT2D eigenvalue weighted by atomic mass is 10.00. The van der Waals surface area contributed by atoms with Crippen molar-refractivity contribution in [3.63, 3.8) is 0 Å². The number of nitrogens with zero attached hydrogens (tertiary/aromatic N) is 2. The van der Waals surface area contributed by atoms with Crippen LogP contribution in [0.5, 0.6) is 0 Å². The number of hydrogen-bond acceptors (Lipinski definition) is 3. The molecule has 15 heavy (non-hydrogen) atoms. The molecule has 0 amide bonds. The van der Waals surface area contributed by atoms with Crippen LogP contribution < -0.4 is 5.73 Å². The molecule has 1 saturated heterocycles. The molecule has 3 nitrogen and oxygen atoms in total. The number of likely N-dealkylation sites (tertiary alicyclic amines) is 1. The maximum atomic E-state index is 5.65. The molecule has 1 rings (SSSR count). The molecule has 1 unspecified atom stereocenters. The maximum absolute atomic E-state index is 5.65. The summed E-state index contributed by atoms with van der Waals surface area (Å²) >= 11 is 0. The third kappa shape index (κ3) is 3.74. The van der Waals surface area contributed by atoms with Crippen LogP contribution in [0.1, 0.15) is 32.6 Å². The van der Waals surface area contributed by atoms with Crippen molar-refractivity contribution in [3.05, 3.63) is 0 Å². The first kappa shape index (κ1) is 12.9. The van der Waals surface area contributed by atoms with Gasteiger partial charge in [-0.15, -0.1) is 0 Å². The van der Waals surface area contributed by atoms with Crippen molar-refractivity contribution in [1.29, 1.82) is 0 Å². The third-order valence-electron chi connectivity index (χ3n) is 3.72. The molecule has 0 spiro atoms. The second-order valence-corrected chi connectivity index (χ2v) is 4.87. The highest BCUT2D eigenvalue weighted by Crippen LogP contribution is 2.18. The Morgan fingerprint density at radius 3 is 2.33 bits per heavy atom. The molecule has 0 aliphatic carbocycles. The van der Waals surface area contributed by atoms with Gasteiger partial charge in [0, 0.05) is 12.1 Å². The van der Waals surface area contributed by atoms with Gasteiger partial charge in [0.15, 0.2) is 0 Å². The zero-order valence-corrected chi connectivity index (χ0v) is 10.6. The highest BCUT2D eigenvalue weighted by Gasteiger charge is 2.24. The predicted octanol–water partition coefficient (Wildman–Crippen LogP) is 1.14. The predicted molar refractivity (Wildman–Crippen MR) is 66.0 cm³/mol. The maximum Gasteiger partial charge on any atom is 0.0113 e. The van der Waals surface area contributed by atoms with E-state index in [2.05, 4.69) is 30.8 Å². The quantitative estimate of drug-likeness (QED) is 0.743. The second-order valence-electron chi connectivity index (χ2n) is 4.87. The molecule has 0 saturated carbocycles. The van der Waals surface area contributed by atoms with Gasteiger partial charge < -0.3 is 15.5 Å². The molecule has 2 N–H and O–H groups in total. The molecule has 1 atom stereocenters. The number of nitrogens with two attached hydrogens (primary N) is 1. The molecule has 0 aromatic heterocycles. The van der Waals surface area contributed by atoms with Crippen molar-refractivity contribution in [2.45, 2.75) is 44.7 Å². The number of hydrogen-bond donors (Lipinski definition) is 1. The van der Waals surface area contributed by atoms with E-state index in [4.69, 9.17) is 5.73 Å². The zero-order valence-electron chi connectivity index (χ0n) is 10.6. The smallest absolute Gasteiger partial charge is 0.0113 e. The molecular formula is C12H27N3. The minimum Gasteiger partial charge on any atom is -0.330 e. The normalized spacial score (nSPS) is 22.2. The van der Waals surface area contributed by atoms with Crippen LogP contribution in [0.25, 0.3) is 0 Å². The van der Waals surface area contributed by atoms with Crippen molar-refractivity contribution in [2.75, 3.05) is 33.7 Å². The lowest BCUT2D eigenvalue weighted by Gasteiger charge is -2.39. The summed E-state index contributed by atoms with van der Waals surface area (Å²) < 4.78 is 0. The topological polar surface area (TPSA) is 32.5 Å². The van der Waals surface area contributed by atoms with Crippen molar-refractivity contribution >= 4 is 0 Å². The Morgan fingerprint density at radius 2 is 1.93 bits per heavy atom. The van der Waals surface area contributed by atoms with E-state index in [1.807, 2.05) is 0 Å². The summed E-state index contributed by atoms with van der Waals surface area (Å²) in [5, 5.41) is 0. The Balaban J connectivity index is 2.35. The second kappa shape index (κ2) is 6.46. The average Bonchev–Trinajstić information content (AvgIpc) is 2.26. The molecule has 90 valence electrons. The van der Waals surface area contributed by atoms with Crippen LogP contribution in [0.15, 0.2) is 0 Å². The number of rotatable bonds is 5. The summed E-state index contributed by atoms with van der Waals surface area (Å²) in [6.45, 7) is 5.60. The highest BCUT2D eigenvalue weighted by atomic mass is 15.2. The van der Waals surface area contributed by atoms with E-state index in [1.165, 1.54) is 32.4 Å². The molecular weight excluding hydrogens is 186 g/mol. The Hall–Kier alpha value is -0.120. The van der Waals surface area contributed by atoms with E-state index >= 15 is 0 Å². The van der Waals surface area contributed by atoms with Crippen LogP contribution in [-0.4, -0.2) is 55.6 Å². The Morgan fingerprint density at radius 1 is 1.33 bits per heavy atom. The van der Waals surface area contributed by atoms with Gasteiger partial charge in [0.05, 0.1) is 0 Å². The molecule has 0 aromatic rings. The minimum atomic E-state index is 0.720. The monoisotopic (exact) mass is 213 g/mol. The van der Waals surface area contributed by atoms with E-state index in [0.717, 1.165) is 25.0 Å². The molecule has 1 aliphatic rings. The van der Waals surface area contributed by atoms with Gasteiger partial charge >= 0.3 is 0 Å². The van der Waals surface area contributed by atoms with E-state index < -0.39 is 0 Å². The summed E-state index contributed by atoms with van der Waals surface area (Å²) in [7, 11) is 4.38. The van der Waals surface area contributed by atoms with Gasteiger partial charge in [0.25, 0.3) is 0 Å². The first-order valence-corrected chi connectivity index (χ1v) is 6.29. The SMILES string of the molecule is CCC(CCN)N1CCC(N(C)C)CC1. The van der Waals surface area contributed by atoms with Gasteiger partial charge in [-0.1, -0.05) is 6.92 Å². The summed E-state index contributed by atoms with van der Waals surface area (Å²) in [4.78, 5) is 4.99. The van der Waals surface area contributed by atoms with E-state index in [0.29, 0.717) is 0 Å². The first-order chi connectivity index (χ1) is 7.19. The lowest BCUT2D eigenvalue weighted by molar-refractivity contribution is 0.103. The van der Waals surface area contributed by atoms with Gasteiger partial charge in [-0.05, 0) is 59.4 Å². The zero-order chi connectivity index (χ0) is 11.3. The van der Waals surface area contributed by atoms with Crippen LogP contribution >= 0.6 is 0 Å². The van der Waals surface area contributed by atoms with E-state index in [9.17, 15) is 0 Å². The summed E-state index contributed by atoms with van der Waals surface area (Å²) in [6.07, 6.45) is 5.02. The molecule has 3 heteroatoms. The van der Waals surface area contributed by atoms with Crippen LogP contribution in [0.3, 0.4) is 0 Å². The fourth-order valence-corrected chi connectivity index (χ4v) is 2.60. The van der Waals surface area contributed by atoms with Gasteiger partial charge in [-0.25, -0.2) is 0 Å². The van der Waals surface area contributed by atoms with Crippen LogP contribution in [0.4, 0.5) is 0 Å². The molecule has 0 bridgehead atoms. The molecule has 0 radical (unpaired) electrons. The first-order valence-electron chi connectivity index (χ1n) is 6.29. The van der Waals surface area contributed by atoms with Crippen molar-refractivity contribution in [2.24, 2.45) is 5.73 Å². The Kier molecular flexibility index (Phi) is 5.58. The van der Waals surface area contributed by atoms with Crippen LogP contribution in [-0.2, 0) is 0 Å². The molecule has 1 fully saturated rings. The van der Waals surface area contributed by atoms with Gasteiger partial charge in [0.1, 0.15) is 0 Å². The standard InChI is InChI=1S/C12H27N3/c1-4-11(5-8-13)15-9-6-12(7-10-15)14(2)3/h11-12H,4-10,13H2,1-3H3. The lowest BCUT2D eigenvalue weighted by Crippen LogP contribution is -2.46. The number of piperidine rings is 1. The summed E-state index contributed by atoms with van der Waals surface area (Å²) in [5.74, 6) is 0. The highest BCUT2D eigenvalue weighted by molar-refractivity contribution is 4.81. The van der Waals surface area contributed by atoms with E-state index in [-0.39, 0.29) is 0 Å². The third-order valence-corrected chi connectivity index (χ3v) is 3.72. The average molecular weight is 213 g/mol.